The van der Waals surface area contributed by atoms with Crippen LogP contribution in [-0.2, 0) is 6.54 Å². The van der Waals surface area contributed by atoms with E-state index in [9.17, 15) is 4.39 Å². The zero-order valence-electron chi connectivity index (χ0n) is 8.94. The summed E-state index contributed by atoms with van der Waals surface area (Å²) in [5.41, 5.74) is 2.18. The molecule has 0 saturated heterocycles. The van der Waals surface area contributed by atoms with E-state index >= 15 is 0 Å². The maximum atomic E-state index is 13.5. The molecule has 2 aromatic rings. The maximum Gasteiger partial charge on any atom is 0.146 e. The molecule has 0 amide bonds. The first-order valence-electron chi connectivity index (χ1n) is 5.01. The summed E-state index contributed by atoms with van der Waals surface area (Å²) in [4.78, 5) is 8.05. The first kappa shape index (κ1) is 10.5. The smallest absolute Gasteiger partial charge is 0.146 e. The topological polar surface area (TPSA) is 37.8 Å². The van der Waals surface area contributed by atoms with Gasteiger partial charge >= 0.3 is 0 Å². The van der Waals surface area contributed by atoms with Crippen LogP contribution in [0, 0.1) is 12.7 Å². The van der Waals surface area contributed by atoms with Crippen LogP contribution in [0.3, 0.4) is 0 Å². The standard InChI is InChI=1S/C12H12FN3/c1-9-3-2-4-11(13)12(9)16-8-10-7-14-5-6-15-10/h2-7,16H,8H2,1H3. The van der Waals surface area contributed by atoms with Crippen molar-refractivity contribution in [3.8, 4) is 0 Å². The van der Waals surface area contributed by atoms with Gasteiger partial charge in [-0.25, -0.2) is 4.39 Å². The Labute approximate surface area is 93.4 Å². The number of aromatic nitrogens is 2. The second kappa shape index (κ2) is 4.70. The van der Waals surface area contributed by atoms with Gasteiger partial charge in [0, 0.05) is 12.4 Å². The number of halogens is 1. The van der Waals surface area contributed by atoms with Crippen molar-refractivity contribution < 1.29 is 4.39 Å². The summed E-state index contributed by atoms with van der Waals surface area (Å²) in [7, 11) is 0. The lowest BCUT2D eigenvalue weighted by atomic mass is 10.2. The Kier molecular flexibility index (Phi) is 3.10. The van der Waals surface area contributed by atoms with Gasteiger partial charge in [-0.1, -0.05) is 12.1 Å². The first-order chi connectivity index (χ1) is 7.77. The number of anilines is 1. The van der Waals surface area contributed by atoms with Gasteiger partial charge in [0.2, 0.25) is 0 Å². The van der Waals surface area contributed by atoms with E-state index in [4.69, 9.17) is 0 Å². The van der Waals surface area contributed by atoms with Crippen molar-refractivity contribution >= 4 is 5.69 Å². The van der Waals surface area contributed by atoms with E-state index in [0.29, 0.717) is 12.2 Å². The molecule has 1 N–H and O–H groups in total. The van der Waals surface area contributed by atoms with Crippen LogP contribution in [-0.4, -0.2) is 9.97 Å². The average molecular weight is 217 g/mol. The molecule has 0 aliphatic heterocycles. The predicted molar refractivity (Wildman–Crippen MR) is 60.5 cm³/mol. The molecular weight excluding hydrogens is 205 g/mol. The molecule has 1 aromatic carbocycles. The van der Waals surface area contributed by atoms with Crippen LogP contribution in [0.15, 0.2) is 36.8 Å². The molecule has 0 bridgehead atoms. The van der Waals surface area contributed by atoms with Gasteiger partial charge in [0.25, 0.3) is 0 Å². The van der Waals surface area contributed by atoms with Crippen molar-refractivity contribution in [2.75, 3.05) is 5.32 Å². The zero-order valence-corrected chi connectivity index (χ0v) is 8.94. The van der Waals surface area contributed by atoms with Gasteiger partial charge in [-0.15, -0.1) is 0 Å². The number of nitrogens with one attached hydrogen (secondary N) is 1. The van der Waals surface area contributed by atoms with Crippen LogP contribution in [0.4, 0.5) is 10.1 Å². The van der Waals surface area contributed by atoms with Crippen molar-refractivity contribution in [1.29, 1.82) is 0 Å². The van der Waals surface area contributed by atoms with Gasteiger partial charge in [-0.2, -0.15) is 0 Å². The highest BCUT2D eigenvalue weighted by molar-refractivity contribution is 5.51. The molecule has 0 aliphatic carbocycles. The van der Waals surface area contributed by atoms with Crippen LogP contribution in [0.1, 0.15) is 11.3 Å². The lowest BCUT2D eigenvalue weighted by Crippen LogP contribution is -2.04. The van der Waals surface area contributed by atoms with Gasteiger partial charge in [-0.3, -0.25) is 9.97 Å². The van der Waals surface area contributed by atoms with Crippen LogP contribution < -0.4 is 5.32 Å². The second-order valence-corrected chi connectivity index (χ2v) is 3.48. The predicted octanol–water partition coefficient (Wildman–Crippen LogP) is 2.54. The van der Waals surface area contributed by atoms with Gasteiger partial charge in [0.15, 0.2) is 0 Å². The van der Waals surface area contributed by atoms with E-state index in [1.54, 1.807) is 24.7 Å². The van der Waals surface area contributed by atoms with Gasteiger partial charge in [0.1, 0.15) is 5.82 Å². The molecule has 2 rings (SSSR count). The number of aryl methyl sites for hydroxylation is 1. The number of nitrogens with zero attached hydrogens (tertiary/aromatic N) is 2. The summed E-state index contributed by atoms with van der Waals surface area (Å²) in [6, 6.07) is 4.99. The molecule has 82 valence electrons. The van der Waals surface area contributed by atoms with E-state index in [1.165, 1.54) is 6.07 Å². The minimum absolute atomic E-state index is 0.246. The van der Waals surface area contributed by atoms with Crippen LogP contribution in [0.25, 0.3) is 0 Å². The fourth-order valence-corrected chi connectivity index (χ4v) is 1.46. The van der Waals surface area contributed by atoms with Gasteiger partial charge in [0.05, 0.1) is 24.1 Å². The molecule has 0 unspecified atom stereocenters. The molecule has 1 heterocycles. The number of para-hydroxylation sites is 1. The third-order valence-corrected chi connectivity index (χ3v) is 2.28. The molecule has 0 radical (unpaired) electrons. The number of benzene rings is 1. The summed E-state index contributed by atoms with van der Waals surface area (Å²) in [6.07, 6.45) is 4.88. The highest BCUT2D eigenvalue weighted by Crippen LogP contribution is 2.18. The molecule has 1 aromatic heterocycles. The highest BCUT2D eigenvalue weighted by atomic mass is 19.1. The molecule has 3 nitrogen and oxygen atoms in total. The van der Waals surface area contributed by atoms with Crippen molar-refractivity contribution in [2.24, 2.45) is 0 Å². The van der Waals surface area contributed by atoms with Crippen molar-refractivity contribution in [3.05, 3.63) is 53.9 Å². The fraction of sp³-hybridized carbons (Fsp3) is 0.167. The summed E-state index contributed by atoms with van der Waals surface area (Å²) in [5.74, 6) is -0.246. The quantitative estimate of drug-likeness (QED) is 0.858. The monoisotopic (exact) mass is 217 g/mol. The van der Waals surface area contributed by atoms with Crippen LogP contribution >= 0.6 is 0 Å². The molecule has 0 saturated carbocycles. The van der Waals surface area contributed by atoms with Crippen molar-refractivity contribution in [1.82, 2.24) is 9.97 Å². The molecule has 4 heteroatoms. The maximum absolute atomic E-state index is 13.5. The minimum Gasteiger partial charge on any atom is -0.377 e. The zero-order chi connectivity index (χ0) is 11.4. The Bertz CT molecular complexity index is 451. The Hall–Kier alpha value is -1.97. The third kappa shape index (κ3) is 2.34. The Morgan fingerprint density at radius 3 is 2.88 bits per heavy atom. The Balaban J connectivity index is 2.11. The van der Waals surface area contributed by atoms with Crippen molar-refractivity contribution in [2.45, 2.75) is 13.5 Å². The lowest BCUT2D eigenvalue weighted by molar-refractivity contribution is 0.629. The molecule has 0 aliphatic rings. The normalized spacial score (nSPS) is 10.1. The molecular formula is C12H12FN3. The number of hydrogen-bond donors (Lipinski definition) is 1. The second-order valence-electron chi connectivity index (χ2n) is 3.48. The van der Waals surface area contributed by atoms with E-state index in [2.05, 4.69) is 15.3 Å². The van der Waals surface area contributed by atoms with Crippen LogP contribution in [0.2, 0.25) is 0 Å². The Morgan fingerprint density at radius 1 is 1.31 bits per heavy atom. The summed E-state index contributed by atoms with van der Waals surface area (Å²) in [5, 5.41) is 3.02. The summed E-state index contributed by atoms with van der Waals surface area (Å²) < 4.78 is 13.5. The highest BCUT2D eigenvalue weighted by Gasteiger charge is 2.04. The van der Waals surface area contributed by atoms with E-state index in [0.717, 1.165) is 11.3 Å². The average Bonchev–Trinajstić information content (AvgIpc) is 2.30. The van der Waals surface area contributed by atoms with Gasteiger partial charge < -0.3 is 5.32 Å². The molecule has 0 fully saturated rings. The Morgan fingerprint density at radius 2 is 2.19 bits per heavy atom. The van der Waals surface area contributed by atoms with Crippen molar-refractivity contribution in [3.63, 3.8) is 0 Å². The third-order valence-electron chi connectivity index (χ3n) is 2.28. The first-order valence-corrected chi connectivity index (χ1v) is 5.01. The molecule has 0 spiro atoms. The van der Waals surface area contributed by atoms with E-state index in [-0.39, 0.29) is 5.82 Å². The molecule has 0 atom stereocenters. The SMILES string of the molecule is Cc1cccc(F)c1NCc1cnccn1. The van der Waals surface area contributed by atoms with E-state index < -0.39 is 0 Å². The minimum atomic E-state index is -0.246. The summed E-state index contributed by atoms with van der Waals surface area (Å²) in [6.45, 7) is 2.33. The summed E-state index contributed by atoms with van der Waals surface area (Å²) >= 11 is 0. The van der Waals surface area contributed by atoms with E-state index in [1.807, 2.05) is 13.0 Å². The fourth-order valence-electron chi connectivity index (χ4n) is 1.46. The number of hydrogen-bond acceptors (Lipinski definition) is 3. The number of rotatable bonds is 3. The lowest BCUT2D eigenvalue weighted by Gasteiger charge is -2.09. The molecule has 16 heavy (non-hydrogen) atoms. The largest absolute Gasteiger partial charge is 0.377 e. The van der Waals surface area contributed by atoms with Gasteiger partial charge in [-0.05, 0) is 18.6 Å². The van der Waals surface area contributed by atoms with Crippen LogP contribution in [0.5, 0.6) is 0 Å².